The number of carbonyl (C=O) groups is 1. The summed E-state index contributed by atoms with van der Waals surface area (Å²) >= 11 is 0. The number of nitrogens with one attached hydrogen (secondary N) is 1. The molecular weight excluding hydrogens is 356 g/mol. The van der Waals surface area contributed by atoms with E-state index in [2.05, 4.69) is 38.2 Å². The second kappa shape index (κ2) is 8.87. The van der Waals surface area contributed by atoms with Crippen molar-refractivity contribution in [2.24, 2.45) is 0 Å². The molecule has 0 saturated heterocycles. The fourth-order valence-electron chi connectivity index (χ4n) is 2.88. The van der Waals surface area contributed by atoms with Gasteiger partial charge in [-0.1, -0.05) is 32.9 Å². The third-order valence-corrected chi connectivity index (χ3v) is 4.50. The number of nitrogens with zero attached hydrogens (tertiary/aromatic N) is 1. The molecule has 2 rings (SSSR count). The summed E-state index contributed by atoms with van der Waals surface area (Å²) in [5.74, 6) is 1.32. The van der Waals surface area contributed by atoms with Crippen molar-refractivity contribution in [1.29, 1.82) is 0 Å². The Hall–Kier alpha value is -2.89. The predicted molar refractivity (Wildman–Crippen MR) is 113 cm³/mol. The van der Waals surface area contributed by atoms with E-state index in [0.717, 1.165) is 5.69 Å². The van der Waals surface area contributed by atoms with Gasteiger partial charge in [-0.3, -0.25) is 4.79 Å². The van der Waals surface area contributed by atoms with Crippen molar-refractivity contribution in [2.45, 2.75) is 26.2 Å². The molecule has 0 heterocycles. The van der Waals surface area contributed by atoms with E-state index >= 15 is 0 Å². The minimum atomic E-state index is -0.142. The first-order chi connectivity index (χ1) is 13.2. The average Bonchev–Trinajstić information content (AvgIpc) is 2.66. The fraction of sp³-hybridized carbons (Fsp3) is 0.409. The number of amides is 1. The second-order valence-corrected chi connectivity index (χ2v) is 7.62. The molecule has 152 valence electrons. The molecule has 0 aliphatic heterocycles. The predicted octanol–water partition coefficient (Wildman–Crippen LogP) is 4.08. The van der Waals surface area contributed by atoms with Crippen molar-refractivity contribution >= 4 is 17.3 Å². The van der Waals surface area contributed by atoms with Crippen molar-refractivity contribution in [3.63, 3.8) is 0 Å². The van der Waals surface area contributed by atoms with E-state index < -0.39 is 0 Å². The van der Waals surface area contributed by atoms with Gasteiger partial charge in [-0.2, -0.15) is 0 Å². The van der Waals surface area contributed by atoms with Gasteiger partial charge in [0.25, 0.3) is 0 Å². The molecule has 0 radical (unpaired) electrons. The van der Waals surface area contributed by atoms with Crippen LogP contribution in [-0.2, 0) is 10.2 Å². The van der Waals surface area contributed by atoms with Gasteiger partial charge in [0, 0.05) is 30.6 Å². The Morgan fingerprint density at radius 2 is 1.50 bits per heavy atom. The maximum Gasteiger partial charge on any atom is 0.243 e. The van der Waals surface area contributed by atoms with Crippen LogP contribution in [0.1, 0.15) is 26.3 Å². The minimum Gasteiger partial charge on any atom is -0.493 e. The van der Waals surface area contributed by atoms with Crippen LogP contribution < -0.4 is 24.4 Å². The molecule has 1 N–H and O–H groups in total. The Bertz CT molecular complexity index is 785. The molecule has 6 heteroatoms. The zero-order valence-electron chi connectivity index (χ0n) is 17.8. The lowest BCUT2D eigenvalue weighted by Gasteiger charge is -2.22. The number of rotatable bonds is 7. The molecular formula is C22H30N2O4. The first-order valence-corrected chi connectivity index (χ1v) is 9.11. The Morgan fingerprint density at radius 3 is 1.93 bits per heavy atom. The van der Waals surface area contributed by atoms with Gasteiger partial charge in [-0.15, -0.1) is 0 Å². The molecule has 0 spiro atoms. The first kappa shape index (κ1) is 21.4. The minimum absolute atomic E-state index is 0.0982. The topological polar surface area (TPSA) is 60.0 Å². The Labute approximate surface area is 167 Å². The van der Waals surface area contributed by atoms with Gasteiger partial charge in [-0.25, -0.2) is 0 Å². The van der Waals surface area contributed by atoms with Crippen LogP contribution in [0.3, 0.4) is 0 Å². The molecule has 0 saturated carbocycles. The molecule has 0 unspecified atom stereocenters. The van der Waals surface area contributed by atoms with Crippen LogP contribution in [0.15, 0.2) is 36.4 Å². The number of hydrogen-bond acceptors (Lipinski definition) is 5. The van der Waals surface area contributed by atoms with E-state index in [0.29, 0.717) is 22.9 Å². The lowest BCUT2D eigenvalue weighted by atomic mass is 9.87. The number of carbonyl (C=O) groups excluding carboxylic acids is 1. The summed E-state index contributed by atoms with van der Waals surface area (Å²) in [5, 5.41) is 2.88. The number of benzene rings is 2. The molecule has 2 aromatic rings. The smallest absolute Gasteiger partial charge is 0.243 e. The Balaban J connectivity index is 2.09. The lowest BCUT2D eigenvalue weighted by molar-refractivity contribution is -0.114. The summed E-state index contributed by atoms with van der Waals surface area (Å²) in [6, 6.07) is 11.7. The largest absolute Gasteiger partial charge is 0.493 e. The van der Waals surface area contributed by atoms with E-state index in [1.54, 1.807) is 19.2 Å². The number of methoxy groups -OCH3 is 3. The SMILES string of the molecule is COc1cc(NC(=O)CN(C)c2ccc(C(C)(C)C)cc2)cc(OC)c1OC. The van der Waals surface area contributed by atoms with Gasteiger partial charge in [0.2, 0.25) is 11.7 Å². The molecule has 1 amide bonds. The zero-order valence-corrected chi connectivity index (χ0v) is 17.8. The molecule has 2 aromatic carbocycles. The zero-order chi connectivity index (χ0) is 20.9. The molecule has 0 fully saturated rings. The molecule has 0 aromatic heterocycles. The molecule has 6 nitrogen and oxygen atoms in total. The van der Waals surface area contributed by atoms with Crippen LogP contribution in [0, 0.1) is 0 Å². The van der Waals surface area contributed by atoms with E-state index in [4.69, 9.17) is 14.2 Å². The van der Waals surface area contributed by atoms with Gasteiger partial charge in [-0.05, 0) is 23.1 Å². The van der Waals surface area contributed by atoms with Gasteiger partial charge in [0.15, 0.2) is 11.5 Å². The summed E-state index contributed by atoms with van der Waals surface area (Å²) in [4.78, 5) is 14.4. The highest BCUT2D eigenvalue weighted by molar-refractivity contribution is 5.94. The average molecular weight is 386 g/mol. The quantitative estimate of drug-likeness (QED) is 0.777. The molecule has 0 atom stereocenters. The highest BCUT2D eigenvalue weighted by Crippen LogP contribution is 2.39. The second-order valence-electron chi connectivity index (χ2n) is 7.62. The highest BCUT2D eigenvalue weighted by atomic mass is 16.5. The van der Waals surface area contributed by atoms with Crippen molar-refractivity contribution in [1.82, 2.24) is 0 Å². The molecule has 0 aliphatic carbocycles. The van der Waals surface area contributed by atoms with Crippen LogP contribution in [0.2, 0.25) is 0 Å². The number of ether oxygens (including phenoxy) is 3. The Kier molecular flexibility index (Phi) is 6.78. The summed E-state index contributed by atoms with van der Waals surface area (Å²) < 4.78 is 15.9. The van der Waals surface area contributed by atoms with E-state index in [9.17, 15) is 4.79 Å². The number of hydrogen-bond donors (Lipinski definition) is 1. The fourth-order valence-corrected chi connectivity index (χ4v) is 2.88. The van der Waals surface area contributed by atoms with Crippen LogP contribution in [-0.4, -0.2) is 40.8 Å². The van der Waals surface area contributed by atoms with E-state index in [1.807, 2.05) is 24.1 Å². The lowest BCUT2D eigenvalue weighted by Crippen LogP contribution is -2.30. The summed E-state index contributed by atoms with van der Waals surface area (Å²) in [5.41, 5.74) is 2.91. The number of likely N-dealkylation sites (N-methyl/N-ethyl adjacent to an activating group) is 1. The van der Waals surface area contributed by atoms with Crippen LogP contribution in [0.25, 0.3) is 0 Å². The third kappa shape index (κ3) is 5.09. The monoisotopic (exact) mass is 386 g/mol. The van der Waals surface area contributed by atoms with Gasteiger partial charge < -0.3 is 24.4 Å². The van der Waals surface area contributed by atoms with Crippen molar-refractivity contribution in [3.8, 4) is 17.2 Å². The summed E-state index contributed by atoms with van der Waals surface area (Å²) in [7, 11) is 6.51. The molecule has 0 aliphatic rings. The van der Waals surface area contributed by atoms with Gasteiger partial charge in [0.05, 0.1) is 27.9 Å². The maximum atomic E-state index is 12.5. The van der Waals surface area contributed by atoms with E-state index in [1.165, 1.54) is 19.8 Å². The normalized spacial score (nSPS) is 11.0. The first-order valence-electron chi connectivity index (χ1n) is 9.11. The maximum absolute atomic E-state index is 12.5. The standard InChI is InChI=1S/C22H30N2O4/c1-22(2,3)15-8-10-17(11-9-15)24(4)14-20(25)23-16-12-18(26-5)21(28-7)19(13-16)27-6/h8-13H,14H2,1-7H3,(H,23,25). The highest BCUT2D eigenvalue weighted by Gasteiger charge is 2.16. The summed E-state index contributed by atoms with van der Waals surface area (Å²) in [6.07, 6.45) is 0. The molecule has 28 heavy (non-hydrogen) atoms. The Morgan fingerprint density at radius 1 is 0.964 bits per heavy atom. The van der Waals surface area contributed by atoms with E-state index in [-0.39, 0.29) is 17.9 Å². The van der Waals surface area contributed by atoms with Crippen molar-refractivity contribution in [3.05, 3.63) is 42.0 Å². The molecule has 0 bridgehead atoms. The summed E-state index contributed by atoms with van der Waals surface area (Å²) in [6.45, 7) is 6.75. The van der Waals surface area contributed by atoms with Crippen molar-refractivity contribution < 1.29 is 19.0 Å². The van der Waals surface area contributed by atoms with Crippen LogP contribution >= 0.6 is 0 Å². The van der Waals surface area contributed by atoms with Crippen LogP contribution in [0.5, 0.6) is 17.2 Å². The third-order valence-electron chi connectivity index (χ3n) is 4.50. The van der Waals surface area contributed by atoms with Gasteiger partial charge >= 0.3 is 0 Å². The van der Waals surface area contributed by atoms with Gasteiger partial charge in [0.1, 0.15) is 0 Å². The van der Waals surface area contributed by atoms with Crippen LogP contribution in [0.4, 0.5) is 11.4 Å². The van der Waals surface area contributed by atoms with Crippen molar-refractivity contribution in [2.75, 3.05) is 45.1 Å². The number of anilines is 2.